The quantitative estimate of drug-likeness (QED) is 0.545. The molecule has 2 aromatic carbocycles. The summed E-state index contributed by atoms with van der Waals surface area (Å²) in [7, 11) is 0. The van der Waals surface area contributed by atoms with Crippen LogP contribution in [-0.4, -0.2) is 17.5 Å². The van der Waals surface area contributed by atoms with Gasteiger partial charge < -0.3 is 10.1 Å². The molecule has 136 valence electrons. The molecule has 0 fully saturated rings. The van der Waals surface area contributed by atoms with E-state index >= 15 is 0 Å². The second kappa shape index (κ2) is 8.81. The van der Waals surface area contributed by atoms with Crippen LogP contribution in [0.1, 0.15) is 37.3 Å². The van der Waals surface area contributed by atoms with Gasteiger partial charge in [0.25, 0.3) is 0 Å². The molecule has 1 amide bonds. The van der Waals surface area contributed by atoms with E-state index in [0.717, 1.165) is 28.8 Å². The molecule has 0 saturated carbocycles. The van der Waals surface area contributed by atoms with E-state index in [1.807, 2.05) is 24.3 Å². The summed E-state index contributed by atoms with van der Waals surface area (Å²) >= 11 is 1.51. The van der Waals surface area contributed by atoms with Gasteiger partial charge in [0.1, 0.15) is 5.75 Å². The van der Waals surface area contributed by atoms with Crippen LogP contribution in [0.25, 0.3) is 10.2 Å². The number of carbonyl (C=O) groups is 1. The Balaban J connectivity index is 1.42. The Morgan fingerprint density at radius 3 is 2.77 bits per heavy atom. The maximum Gasteiger partial charge on any atom is 0.226 e. The first-order valence-corrected chi connectivity index (χ1v) is 9.84. The molecule has 1 heterocycles. The summed E-state index contributed by atoms with van der Waals surface area (Å²) in [6, 6.07) is 14.3. The molecule has 0 aliphatic heterocycles. The fourth-order valence-corrected chi connectivity index (χ4v) is 3.71. The van der Waals surface area contributed by atoms with Gasteiger partial charge in [0.2, 0.25) is 5.91 Å². The molecule has 1 aromatic heterocycles. The monoisotopic (exact) mass is 368 g/mol. The van der Waals surface area contributed by atoms with E-state index in [1.165, 1.54) is 22.5 Å². The van der Waals surface area contributed by atoms with Crippen molar-refractivity contribution in [2.24, 2.45) is 0 Å². The number of carbonyl (C=O) groups excluding carboxylic acids is 1. The number of thiazole rings is 1. The summed E-state index contributed by atoms with van der Waals surface area (Å²) in [4.78, 5) is 16.5. The Bertz CT molecular complexity index is 871. The van der Waals surface area contributed by atoms with Crippen LogP contribution in [0.4, 0.5) is 5.13 Å². The van der Waals surface area contributed by atoms with Gasteiger partial charge in [0.05, 0.1) is 16.8 Å². The molecule has 0 spiro atoms. The van der Waals surface area contributed by atoms with Crippen LogP contribution in [0.3, 0.4) is 0 Å². The molecule has 0 bridgehead atoms. The fraction of sp³-hybridized carbons (Fsp3) is 0.333. The number of benzene rings is 2. The van der Waals surface area contributed by atoms with E-state index in [0.29, 0.717) is 24.6 Å². The number of aromatic nitrogens is 1. The Kier molecular flexibility index (Phi) is 6.23. The number of anilines is 1. The van der Waals surface area contributed by atoms with E-state index in [-0.39, 0.29) is 5.91 Å². The van der Waals surface area contributed by atoms with Crippen molar-refractivity contribution in [2.45, 2.75) is 39.5 Å². The average Bonchev–Trinajstić information content (AvgIpc) is 3.01. The minimum atomic E-state index is -0.0253. The number of hydrogen-bond donors (Lipinski definition) is 1. The zero-order valence-electron chi connectivity index (χ0n) is 15.2. The first kappa shape index (κ1) is 18.4. The highest BCUT2D eigenvalue weighted by Crippen LogP contribution is 2.26. The average molecular weight is 369 g/mol. The Labute approximate surface area is 158 Å². The number of ether oxygens (including phenoxy) is 1. The largest absolute Gasteiger partial charge is 0.494 e. The van der Waals surface area contributed by atoms with Crippen molar-refractivity contribution in [2.75, 3.05) is 11.9 Å². The summed E-state index contributed by atoms with van der Waals surface area (Å²) in [5.41, 5.74) is 3.44. The Morgan fingerprint density at radius 2 is 2.00 bits per heavy atom. The minimum absolute atomic E-state index is 0.0253. The first-order chi connectivity index (χ1) is 12.6. The third-order valence-corrected chi connectivity index (χ3v) is 5.00. The predicted octanol–water partition coefficient (Wildman–Crippen LogP) is 5.35. The van der Waals surface area contributed by atoms with Gasteiger partial charge in [-0.05, 0) is 55.2 Å². The van der Waals surface area contributed by atoms with E-state index in [1.54, 1.807) is 0 Å². The zero-order valence-corrected chi connectivity index (χ0v) is 16.1. The van der Waals surface area contributed by atoms with Gasteiger partial charge in [-0.3, -0.25) is 4.79 Å². The first-order valence-electron chi connectivity index (χ1n) is 9.03. The number of nitrogens with zero attached hydrogens (tertiary/aromatic N) is 1. The maximum absolute atomic E-state index is 12.1. The maximum atomic E-state index is 12.1. The molecular weight excluding hydrogens is 344 g/mol. The van der Waals surface area contributed by atoms with Gasteiger partial charge in [-0.1, -0.05) is 42.9 Å². The lowest BCUT2D eigenvalue weighted by Crippen LogP contribution is -2.12. The van der Waals surface area contributed by atoms with E-state index in [2.05, 4.69) is 42.3 Å². The number of aryl methyl sites for hydroxylation is 2. The number of fused-ring (bicyclic) bond motifs is 1. The summed E-state index contributed by atoms with van der Waals surface area (Å²) < 4.78 is 6.80. The molecule has 0 atom stereocenters. The smallest absolute Gasteiger partial charge is 0.226 e. The highest BCUT2D eigenvalue weighted by atomic mass is 32.1. The third-order valence-electron chi connectivity index (χ3n) is 4.07. The molecule has 26 heavy (non-hydrogen) atoms. The van der Waals surface area contributed by atoms with Gasteiger partial charge in [0.15, 0.2) is 5.13 Å². The van der Waals surface area contributed by atoms with Gasteiger partial charge >= 0.3 is 0 Å². The van der Waals surface area contributed by atoms with Crippen molar-refractivity contribution in [1.82, 2.24) is 4.98 Å². The second-order valence-corrected chi connectivity index (χ2v) is 7.41. The molecule has 0 aliphatic carbocycles. The summed E-state index contributed by atoms with van der Waals surface area (Å²) in [6.45, 7) is 4.75. The lowest BCUT2D eigenvalue weighted by molar-refractivity contribution is -0.116. The highest BCUT2D eigenvalue weighted by molar-refractivity contribution is 7.22. The lowest BCUT2D eigenvalue weighted by atomic mass is 10.1. The Hall–Kier alpha value is -2.40. The highest BCUT2D eigenvalue weighted by Gasteiger charge is 2.08. The lowest BCUT2D eigenvalue weighted by Gasteiger charge is -2.07. The molecule has 5 heteroatoms. The third kappa shape index (κ3) is 5.05. The van der Waals surface area contributed by atoms with E-state index in [4.69, 9.17) is 4.74 Å². The van der Waals surface area contributed by atoms with Crippen LogP contribution in [0.5, 0.6) is 5.75 Å². The van der Waals surface area contributed by atoms with Crippen LogP contribution in [0.2, 0.25) is 0 Å². The molecular formula is C21H24N2O2S. The van der Waals surface area contributed by atoms with Crippen LogP contribution in [0, 0.1) is 6.92 Å². The number of hydrogen-bond acceptors (Lipinski definition) is 4. The molecule has 0 radical (unpaired) electrons. The summed E-state index contributed by atoms with van der Waals surface area (Å²) in [6.07, 6.45) is 3.32. The van der Waals surface area contributed by atoms with Gasteiger partial charge in [0, 0.05) is 6.42 Å². The van der Waals surface area contributed by atoms with Crippen LogP contribution in [0.15, 0.2) is 42.5 Å². The number of nitrogens with one attached hydrogen (secondary N) is 1. The summed E-state index contributed by atoms with van der Waals surface area (Å²) in [5.74, 6) is 0.828. The zero-order chi connectivity index (χ0) is 18.4. The standard InChI is InChI=1S/C21H24N2O2S/c1-3-5-16-8-10-17(11-9-16)25-13-4-6-20(24)23-21-22-18-12-7-15(2)14-19(18)26-21/h7-12,14H,3-6,13H2,1-2H3,(H,22,23,24). The summed E-state index contributed by atoms with van der Waals surface area (Å²) in [5, 5.41) is 3.54. The molecule has 0 unspecified atom stereocenters. The fourth-order valence-electron chi connectivity index (χ4n) is 2.73. The van der Waals surface area contributed by atoms with Crippen molar-refractivity contribution < 1.29 is 9.53 Å². The minimum Gasteiger partial charge on any atom is -0.494 e. The van der Waals surface area contributed by atoms with Crippen molar-refractivity contribution in [1.29, 1.82) is 0 Å². The second-order valence-electron chi connectivity index (χ2n) is 6.38. The predicted molar refractivity (Wildman–Crippen MR) is 108 cm³/mol. The molecule has 3 aromatic rings. The van der Waals surface area contributed by atoms with Crippen molar-refractivity contribution in [3.63, 3.8) is 0 Å². The normalized spacial score (nSPS) is 10.8. The van der Waals surface area contributed by atoms with Crippen molar-refractivity contribution in [3.8, 4) is 5.75 Å². The SMILES string of the molecule is CCCc1ccc(OCCCC(=O)Nc2nc3ccc(C)cc3s2)cc1. The van der Waals surface area contributed by atoms with Crippen molar-refractivity contribution >= 4 is 32.6 Å². The molecule has 4 nitrogen and oxygen atoms in total. The van der Waals surface area contributed by atoms with Gasteiger partial charge in [-0.25, -0.2) is 4.98 Å². The van der Waals surface area contributed by atoms with Gasteiger partial charge in [-0.15, -0.1) is 0 Å². The van der Waals surface area contributed by atoms with Crippen LogP contribution in [-0.2, 0) is 11.2 Å². The Morgan fingerprint density at radius 1 is 1.19 bits per heavy atom. The van der Waals surface area contributed by atoms with Crippen molar-refractivity contribution in [3.05, 3.63) is 53.6 Å². The topological polar surface area (TPSA) is 51.2 Å². The number of amides is 1. The molecule has 1 N–H and O–H groups in total. The number of rotatable bonds is 8. The van der Waals surface area contributed by atoms with Crippen LogP contribution < -0.4 is 10.1 Å². The molecule has 3 rings (SSSR count). The van der Waals surface area contributed by atoms with Gasteiger partial charge in [-0.2, -0.15) is 0 Å². The molecule has 0 saturated heterocycles. The van der Waals surface area contributed by atoms with E-state index in [9.17, 15) is 4.79 Å². The van der Waals surface area contributed by atoms with Crippen LogP contribution >= 0.6 is 11.3 Å². The van der Waals surface area contributed by atoms with E-state index < -0.39 is 0 Å². The molecule has 0 aliphatic rings.